The third kappa shape index (κ3) is 4.87. The Morgan fingerprint density at radius 2 is 2.18 bits per heavy atom. The molecule has 7 heteroatoms. The molecule has 1 aliphatic heterocycles. The smallest absolute Gasteiger partial charge is 0.252 e. The van der Waals surface area contributed by atoms with Crippen molar-refractivity contribution >= 4 is 41.5 Å². The SMILES string of the molecule is CCCNC(=O)c1ccc(NC(=O)C2CCNC2)cc1Cl.Cl. The molecule has 5 nitrogen and oxygen atoms in total. The molecule has 1 saturated heterocycles. The topological polar surface area (TPSA) is 70.2 Å². The van der Waals surface area contributed by atoms with E-state index in [4.69, 9.17) is 11.6 Å². The van der Waals surface area contributed by atoms with Gasteiger partial charge in [-0.15, -0.1) is 12.4 Å². The van der Waals surface area contributed by atoms with Crippen molar-refractivity contribution in [1.82, 2.24) is 10.6 Å². The molecule has 0 spiro atoms. The summed E-state index contributed by atoms with van der Waals surface area (Å²) in [5.41, 5.74) is 1.04. The van der Waals surface area contributed by atoms with Crippen molar-refractivity contribution in [3.05, 3.63) is 28.8 Å². The fourth-order valence-corrected chi connectivity index (χ4v) is 2.50. The highest BCUT2D eigenvalue weighted by Gasteiger charge is 2.22. The van der Waals surface area contributed by atoms with Gasteiger partial charge in [-0.25, -0.2) is 0 Å². The predicted molar refractivity (Wildman–Crippen MR) is 90.9 cm³/mol. The molecular weight excluding hydrogens is 325 g/mol. The van der Waals surface area contributed by atoms with Crippen molar-refractivity contribution in [2.24, 2.45) is 5.92 Å². The number of halogens is 2. The molecule has 1 aliphatic rings. The number of carbonyl (C=O) groups excluding carboxylic acids is 2. The molecule has 0 aromatic heterocycles. The van der Waals surface area contributed by atoms with E-state index < -0.39 is 0 Å². The molecule has 0 radical (unpaired) electrons. The fraction of sp³-hybridized carbons (Fsp3) is 0.467. The summed E-state index contributed by atoms with van der Waals surface area (Å²) in [7, 11) is 0. The van der Waals surface area contributed by atoms with Crippen molar-refractivity contribution in [3.63, 3.8) is 0 Å². The van der Waals surface area contributed by atoms with Crippen LogP contribution in [0.5, 0.6) is 0 Å². The first-order chi connectivity index (χ1) is 10.1. The molecular formula is C15H21Cl2N3O2. The molecule has 1 unspecified atom stereocenters. The van der Waals surface area contributed by atoms with Crippen LogP contribution in [0, 0.1) is 5.92 Å². The van der Waals surface area contributed by atoms with Crippen LogP contribution in [-0.4, -0.2) is 31.4 Å². The Morgan fingerprint density at radius 1 is 1.41 bits per heavy atom. The Bertz CT molecular complexity index is 532. The van der Waals surface area contributed by atoms with Crippen LogP contribution in [0.4, 0.5) is 5.69 Å². The lowest BCUT2D eigenvalue weighted by molar-refractivity contribution is -0.119. The summed E-state index contributed by atoms with van der Waals surface area (Å²) in [6.45, 7) is 4.17. The van der Waals surface area contributed by atoms with E-state index in [1.807, 2.05) is 6.92 Å². The van der Waals surface area contributed by atoms with E-state index in [1.54, 1.807) is 18.2 Å². The second kappa shape index (κ2) is 8.98. The van der Waals surface area contributed by atoms with Gasteiger partial charge in [-0.1, -0.05) is 18.5 Å². The monoisotopic (exact) mass is 345 g/mol. The average Bonchev–Trinajstić information content (AvgIpc) is 2.99. The van der Waals surface area contributed by atoms with Gasteiger partial charge < -0.3 is 16.0 Å². The van der Waals surface area contributed by atoms with Crippen LogP contribution in [-0.2, 0) is 4.79 Å². The maximum Gasteiger partial charge on any atom is 0.252 e. The molecule has 122 valence electrons. The summed E-state index contributed by atoms with van der Waals surface area (Å²) in [6.07, 6.45) is 1.71. The van der Waals surface area contributed by atoms with Gasteiger partial charge in [0.05, 0.1) is 16.5 Å². The molecule has 1 aromatic carbocycles. The lowest BCUT2D eigenvalue weighted by Gasteiger charge is -2.11. The number of rotatable bonds is 5. The van der Waals surface area contributed by atoms with E-state index >= 15 is 0 Å². The standard InChI is InChI=1S/C15H20ClN3O2.ClH/c1-2-6-18-15(21)12-4-3-11(8-13(12)16)19-14(20)10-5-7-17-9-10;/h3-4,8,10,17H,2,5-7,9H2,1H3,(H,18,21)(H,19,20);1H. The molecule has 2 amide bonds. The highest BCUT2D eigenvalue weighted by Crippen LogP contribution is 2.22. The van der Waals surface area contributed by atoms with Gasteiger partial charge in [0.15, 0.2) is 0 Å². The van der Waals surface area contributed by atoms with Crippen LogP contribution in [0.3, 0.4) is 0 Å². The van der Waals surface area contributed by atoms with Gasteiger partial charge in [-0.3, -0.25) is 9.59 Å². The molecule has 1 aromatic rings. The molecule has 0 saturated carbocycles. The van der Waals surface area contributed by atoms with Crippen molar-refractivity contribution in [3.8, 4) is 0 Å². The molecule has 0 bridgehead atoms. The lowest BCUT2D eigenvalue weighted by atomic mass is 10.1. The molecule has 2 rings (SSSR count). The Balaban J connectivity index is 0.00000242. The number of hydrogen-bond donors (Lipinski definition) is 3. The zero-order valence-corrected chi connectivity index (χ0v) is 14.0. The summed E-state index contributed by atoms with van der Waals surface area (Å²) in [4.78, 5) is 23.9. The third-order valence-electron chi connectivity index (χ3n) is 3.45. The molecule has 22 heavy (non-hydrogen) atoms. The van der Waals surface area contributed by atoms with Crippen LogP contribution >= 0.6 is 24.0 Å². The largest absolute Gasteiger partial charge is 0.352 e. The summed E-state index contributed by atoms with van der Waals surface area (Å²) in [6, 6.07) is 4.95. The van der Waals surface area contributed by atoms with Crippen LogP contribution in [0.15, 0.2) is 18.2 Å². The Kier molecular flexibility index (Phi) is 7.65. The van der Waals surface area contributed by atoms with Crippen LogP contribution in [0.25, 0.3) is 0 Å². The second-order valence-electron chi connectivity index (χ2n) is 5.13. The number of nitrogens with one attached hydrogen (secondary N) is 3. The van der Waals surface area contributed by atoms with Gasteiger partial charge in [-0.05, 0) is 37.6 Å². The second-order valence-corrected chi connectivity index (χ2v) is 5.54. The minimum atomic E-state index is -0.195. The Hall–Kier alpha value is -1.30. The van der Waals surface area contributed by atoms with E-state index in [2.05, 4.69) is 16.0 Å². The van der Waals surface area contributed by atoms with E-state index in [9.17, 15) is 9.59 Å². The average molecular weight is 346 g/mol. The first kappa shape index (κ1) is 18.7. The number of hydrogen-bond acceptors (Lipinski definition) is 3. The first-order valence-corrected chi connectivity index (χ1v) is 7.59. The number of benzene rings is 1. The molecule has 1 atom stereocenters. The van der Waals surface area contributed by atoms with Gasteiger partial charge in [0, 0.05) is 18.8 Å². The molecule has 3 N–H and O–H groups in total. The quantitative estimate of drug-likeness (QED) is 0.767. The van der Waals surface area contributed by atoms with Gasteiger partial charge >= 0.3 is 0 Å². The minimum Gasteiger partial charge on any atom is -0.352 e. The molecule has 1 heterocycles. The van der Waals surface area contributed by atoms with Gasteiger partial charge in [0.25, 0.3) is 5.91 Å². The summed E-state index contributed by atoms with van der Waals surface area (Å²) in [5, 5.41) is 9.11. The zero-order chi connectivity index (χ0) is 15.2. The van der Waals surface area contributed by atoms with Crippen molar-refractivity contribution in [2.45, 2.75) is 19.8 Å². The van der Waals surface area contributed by atoms with Gasteiger partial charge in [-0.2, -0.15) is 0 Å². The third-order valence-corrected chi connectivity index (χ3v) is 3.76. The lowest BCUT2D eigenvalue weighted by Crippen LogP contribution is -2.25. The zero-order valence-electron chi connectivity index (χ0n) is 12.4. The van der Waals surface area contributed by atoms with Crippen LogP contribution < -0.4 is 16.0 Å². The summed E-state index contributed by atoms with van der Waals surface area (Å²) in [5.74, 6) is -0.213. The maximum atomic E-state index is 12.0. The van der Waals surface area contributed by atoms with Gasteiger partial charge in [0.1, 0.15) is 0 Å². The highest BCUT2D eigenvalue weighted by molar-refractivity contribution is 6.34. The molecule has 0 aliphatic carbocycles. The van der Waals surface area contributed by atoms with Crippen LogP contribution in [0.1, 0.15) is 30.1 Å². The normalized spacial score (nSPS) is 16.7. The van der Waals surface area contributed by atoms with Crippen molar-refractivity contribution in [1.29, 1.82) is 0 Å². The summed E-state index contributed by atoms with van der Waals surface area (Å²) < 4.78 is 0. The number of carbonyl (C=O) groups is 2. The van der Waals surface area contributed by atoms with Crippen LogP contribution in [0.2, 0.25) is 5.02 Å². The van der Waals surface area contributed by atoms with E-state index in [-0.39, 0.29) is 30.1 Å². The van der Waals surface area contributed by atoms with Gasteiger partial charge in [0.2, 0.25) is 5.91 Å². The first-order valence-electron chi connectivity index (χ1n) is 7.21. The number of amides is 2. The minimum absolute atomic E-state index is 0. The summed E-state index contributed by atoms with van der Waals surface area (Å²) >= 11 is 6.12. The predicted octanol–water partition coefficient (Wildman–Crippen LogP) is 2.45. The van der Waals surface area contributed by atoms with E-state index in [0.717, 1.165) is 19.4 Å². The Labute approximate surface area is 141 Å². The number of anilines is 1. The van der Waals surface area contributed by atoms with E-state index in [0.29, 0.717) is 29.4 Å². The highest BCUT2D eigenvalue weighted by atomic mass is 35.5. The maximum absolute atomic E-state index is 12.0. The van der Waals surface area contributed by atoms with Crippen molar-refractivity contribution < 1.29 is 9.59 Å². The Morgan fingerprint density at radius 3 is 2.77 bits per heavy atom. The van der Waals surface area contributed by atoms with Crippen molar-refractivity contribution in [2.75, 3.05) is 25.0 Å². The fourth-order valence-electron chi connectivity index (χ4n) is 2.23. The van der Waals surface area contributed by atoms with E-state index in [1.165, 1.54) is 0 Å². The molecule has 1 fully saturated rings.